The number of rotatable bonds is 3. The Morgan fingerprint density at radius 1 is 1.29 bits per heavy atom. The summed E-state index contributed by atoms with van der Waals surface area (Å²) in [5, 5.41) is 12.3. The Hall–Kier alpha value is -2.04. The van der Waals surface area contributed by atoms with E-state index in [-0.39, 0.29) is 12.1 Å². The van der Waals surface area contributed by atoms with Gasteiger partial charge in [0, 0.05) is 13.1 Å². The van der Waals surface area contributed by atoms with Crippen LogP contribution in [-0.4, -0.2) is 35.1 Å². The molecule has 3 rings (SSSR count). The summed E-state index contributed by atoms with van der Waals surface area (Å²) in [6.45, 7) is 5.29. The van der Waals surface area contributed by atoms with Crippen LogP contribution in [0.3, 0.4) is 0 Å². The van der Waals surface area contributed by atoms with Gasteiger partial charge in [-0.2, -0.15) is 0 Å². The van der Waals surface area contributed by atoms with E-state index in [4.69, 9.17) is 0 Å². The van der Waals surface area contributed by atoms with E-state index in [9.17, 15) is 14.7 Å². The summed E-state index contributed by atoms with van der Waals surface area (Å²) in [4.78, 5) is 25.4. The minimum atomic E-state index is -0.805. The summed E-state index contributed by atoms with van der Waals surface area (Å²) in [6.07, 6.45) is 3.31. The number of nitrogens with zero attached hydrogens (tertiary/aromatic N) is 1. The highest BCUT2D eigenvalue weighted by Crippen LogP contribution is 2.33. The third kappa shape index (κ3) is 3.40. The second-order valence-corrected chi connectivity index (χ2v) is 7.28. The molecule has 1 fully saturated rings. The minimum absolute atomic E-state index is 0.0383. The van der Waals surface area contributed by atoms with Gasteiger partial charge in [0.1, 0.15) is 0 Å². The molecule has 24 heavy (non-hydrogen) atoms. The van der Waals surface area contributed by atoms with Gasteiger partial charge in [-0.05, 0) is 48.3 Å². The van der Waals surface area contributed by atoms with Crippen molar-refractivity contribution in [2.75, 3.05) is 13.1 Å². The number of carboxylic acid groups (broad SMARTS) is 1. The number of aryl methyl sites for hydroxylation is 1. The summed E-state index contributed by atoms with van der Waals surface area (Å²) in [5.41, 5.74) is 3.83. The van der Waals surface area contributed by atoms with Crippen LogP contribution in [0.5, 0.6) is 0 Å². The highest BCUT2D eigenvalue weighted by Gasteiger charge is 2.31. The first kappa shape index (κ1) is 16.8. The zero-order valence-electron chi connectivity index (χ0n) is 14.4. The summed E-state index contributed by atoms with van der Waals surface area (Å²) in [6, 6.07) is 6.48. The van der Waals surface area contributed by atoms with E-state index in [1.807, 2.05) is 0 Å². The van der Waals surface area contributed by atoms with Crippen molar-refractivity contribution in [1.29, 1.82) is 0 Å². The van der Waals surface area contributed by atoms with Gasteiger partial charge in [-0.15, -0.1) is 0 Å². The summed E-state index contributed by atoms with van der Waals surface area (Å²) < 4.78 is 0. The lowest BCUT2D eigenvalue weighted by molar-refractivity contribution is -0.143. The Morgan fingerprint density at radius 3 is 2.79 bits per heavy atom. The summed E-state index contributed by atoms with van der Waals surface area (Å²) in [5.74, 6) is -0.779. The van der Waals surface area contributed by atoms with Crippen molar-refractivity contribution in [3.05, 3.63) is 34.9 Å². The van der Waals surface area contributed by atoms with Crippen molar-refractivity contribution in [3.63, 3.8) is 0 Å². The van der Waals surface area contributed by atoms with Gasteiger partial charge in [-0.3, -0.25) is 4.79 Å². The van der Waals surface area contributed by atoms with Crippen LogP contribution in [0.15, 0.2) is 18.2 Å². The third-order valence-electron chi connectivity index (χ3n) is 5.27. The quantitative estimate of drug-likeness (QED) is 0.893. The summed E-state index contributed by atoms with van der Waals surface area (Å²) in [7, 11) is 0. The monoisotopic (exact) mass is 330 g/mol. The Bertz CT molecular complexity index is 641. The molecule has 1 heterocycles. The van der Waals surface area contributed by atoms with Crippen molar-refractivity contribution in [1.82, 2.24) is 10.2 Å². The number of carbonyl (C=O) groups is 2. The van der Waals surface area contributed by atoms with E-state index in [2.05, 4.69) is 37.4 Å². The van der Waals surface area contributed by atoms with E-state index in [1.54, 1.807) is 4.90 Å². The highest BCUT2D eigenvalue weighted by atomic mass is 16.4. The molecule has 5 nitrogen and oxygen atoms in total. The van der Waals surface area contributed by atoms with Crippen molar-refractivity contribution in [3.8, 4) is 0 Å². The van der Waals surface area contributed by atoms with Crippen LogP contribution in [0, 0.1) is 5.92 Å². The maximum atomic E-state index is 12.6. The molecule has 1 saturated heterocycles. The lowest BCUT2D eigenvalue weighted by Gasteiger charge is -2.32. The first-order valence-corrected chi connectivity index (χ1v) is 8.86. The first-order valence-electron chi connectivity index (χ1n) is 8.86. The summed E-state index contributed by atoms with van der Waals surface area (Å²) >= 11 is 0. The number of urea groups is 1. The molecule has 5 heteroatoms. The van der Waals surface area contributed by atoms with Crippen molar-refractivity contribution < 1.29 is 14.7 Å². The van der Waals surface area contributed by atoms with Crippen LogP contribution in [-0.2, 0) is 11.2 Å². The van der Waals surface area contributed by atoms with Gasteiger partial charge in [-0.1, -0.05) is 32.0 Å². The van der Waals surface area contributed by atoms with E-state index in [1.165, 1.54) is 16.7 Å². The minimum Gasteiger partial charge on any atom is -0.481 e. The average Bonchev–Trinajstić information content (AvgIpc) is 2.97. The molecule has 1 aliphatic heterocycles. The zero-order chi connectivity index (χ0) is 17.3. The molecular formula is C19H26N2O3. The van der Waals surface area contributed by atoms with E-state index < -0.39 is 11.9 Å². The molecule has 2 amide bonds. The molecule has 1 aromatic rings. The van der Waals surface area contributed by atoms with E-state index in [0.717, 1.165) is 19.3 Å². The fraction of sp³-hybridized carbons (Fsp3) is 0.579. The molecule has 1 aromatic carbocycles. The van der Waals surface area contributed by atoms with Crippen LogP contribution >= 0.6 is 0 Å². The Morgan fingerprint density at radius 2 is 2.08 bits per heavy atom. The first-order chi connectivity index (χ1) is 11.5. The smallest absolute Gasteiger partial charge is 0.317 e. The standard InChI is InChI=1S/C19H26N2O3/c1-12(2)14-6-5-13-7-8-17(16(13)10-14)20-19(24)21-9-3-4-15(11-21)18(22)23/h5-6,10,12,15,17H,3-4,7-9,11H2,1-2H3,(H,20,24)(H,22,23). The van der Waals surface area contributed by atoms with Crippen molar-refractivity contribution >= 4 is 12.0 Å². The predicted molar refractivity (Wildman–Crippen MR) is 92.1 cm³/mol. The maximum absolute atomic E-state index is 12.6. The van der Waals surface area contributed by atoms with E-state index in [0.29, 0.717) is 25.4 Å². The fourth-order valence-corrected chi connectivity index (χ4v) is 3.73. The van der Waals surface area contributed by atoms with Gasteiger partial charge in [0.15, 0.2) is 0 Å². The van der Waals surface area contributed by atoms with E-state index >= 15 is 0 Å². The van der Waals surface area contributed by atoms with Crippen LogP contribution in [0.2, 0.25) is 0 Å². The number of piperidine rings is 1. The molecule has 0 spiro atoms. The van der Waals surface area contributed by atoms with Crippen LogP contribution < -0.4 is 5.32 Å². The van der Waals surface area contributed by atoms with Gasteiger partial charge in [0.25, 0.3) is 0 Å². The molecule has 2 atom stereocenters. The number of carbonyl (C=O) groups excluding carboxylic acids is 1. The Labute approximate surface area is 143 Å². The van der Waals surface area contributed by atoms with Crippen LogP contribution in [0.4, 0.5) is 4.79 Å². The van der Waals surface area contributed by atoms with Crippen molar-refractivity contribution in [2.45, 2.75) is 51.5 Å². The van der Waals surface area contributed by atoms with Gasteiger partial charge in [0.2, 0.25) is 0 Å². The Balaban J connectivity index is 1.68. The number of carboxylic acids is 1. The molecule has 0 bridgehead atoms. The average molecular weight is 330 g/mol. The predicted octanol–water partition coefficient (Wildman–Crippen LogP) is 3.30. The number of hydrogen-bond donors (Lipinski definition) is 2. The lowest BCUT2D eigenvalue weighted by atomic mass is 9.97. The second kappa shape index (κ2) is 6.83. The maximum Gasteiger partial charge on any atom is 0.317 e. The fourth-order valence-electron chi connectivity index (χ4n) is 3.73. The molecular weight excluding hydrogens is 304 g/mol. The van der Waals surface area contributed by atoms with Crippen LogP contribution in [0.1, 0.15) is 61.8 Å². The molecule has 130 valence electrons. The normalized spacial score (nSPS) is 23.2. The molecule has 0 aromatic heterocycles. The number of nitrogens with one attached hydrogen (secondary N) is 1. The number of hydrogen-bond acceptors (Lipinski definition) is 2. The van der Waals surface area contributed by atoms with Gasteiger partial charge in [-0.25, -0.2) is 4.79 Å². The van der Waals surface area contributed by atoms with Crippen LogP contribution in [0.25, 0.3) is 0 Å². The number of likely N-dealkylation sites (tertiary alicyclic amines) is 1. The number of aliphatic carboxylic acids is 1. The van der Waals surface area contributed by atoms with Gasteiger partial charge in [0.05, 0.1) is 12.0 Å². The molecule has 0 saturated carbocycles. The molecule has 2 N–H and O–H groups in total. The molecule has 2 aliphatic rings. The topological polar surface area (TPSA) is 69.6 Å². The lowest BCUT2D eigenvalue weighted by Crippen LogP contribution is -2.47. The molecule has 1 aliphatic carbocycles. The van der Waals surface area contributed by atoms with Gasteiger partial charge < -0.3 is 15.3 Å². The number of fused-ring (bicyclic) bond motifs is 1. The van der Waals surface area contributed by atoms with Gasteiger partial charge >= 0.3 is 12.0 Å². The zero-order valence-corrected chi connectivity index (χ0v) is 14.4. The number of benzene rings is 1. The van der Waals surface area contributed by atoms with Crippen molar-refractivity contribution in [2.24, 2.45) is 5.92 Å². The second-order valence-electron chi connectivity index (χ2n) is 7.28. The largest absolute Gasteiger partial charge is 0.481 e. The SMILES string of the molecule is CC(C)c1ccc2c(c1)C(NC(=O)N1CCCC(C(=O)O)C1)CC2. The molecule has 0 radical (unpaired) electrons. The Kier molecular flexibility index (Phi) is 4.78. The highest BCUT2D eigenvalue weighted by molar-refractivity contribution is 5.77. The third-order valence-corrected chi connectivity index (χ3v) is 5.27. The number of amides is 2. The molecule has 2 unspecified atom stereocenters.